The molecule has 1 nitrogen and oxygen atoms in total. The van der Waals surface area contributed by atoms with Crippen LogP contribution in [-0.2, 0) is 4.79 Å². The number of unbranched alkanes of at least 4 members (excludes halogenated alkanes) is 3. The number of ketones is 1. The molecule has 0 radical (unpaired) electrons. The van der Waals surface area contributed by atoms with Gasteiger partial charge in [-0.25, -0.2) is 0 Å². The Kier molecular flexibility index (Phi) is 7.71. The lowest BCUT2D eigenvalue weighted by Gasteiger charge is -1.99. The van der Waals surface area contributed by atoms with Crippen molar-refractivity contribution in [1.29, 1.82) is 0 Å². The second-order valence-corrected chi connectivity index (χ2v) is 5.64. The minimum Gasteiger partial charge on any atom is -0.297 e. The smallest absolute Gasteiger partial charge is 0.157 e. The van der Waals surface area contributed by atoms with Crippen LogP contribution < -0.4 is 0 Å². The van der Waals surface area contributed by atoms with Crippen molar-refractivity contribution in [2.24, 2.45) is 0 Å². The molecule has 0 aromatic carbocycles. The molecule has 0 atom stereocenters. The van der Waals surface area contributed by atoms with E-state index >= 15 is 0 Å². The fraction of sp³-hybridized carbons (Fsp3) is 0.875. The Balaban J connectivity index is 3.18. The van der Waals surface area contributed by atoms with Crippen LogP contribution >= 0.6 is 31.9 Å². The maximum Gasteiger partial charge on any atom is 0.157 e. The van der Waals surface area contributed by atoms with Crippen molar-refractivity contribution in [2.45, 2.75) is 42.8 Å². The lowest BCUT2D eigenvalue weighted by atomic mass is 10.1. The van der Waals surface area contributed by atoms with Gasteiger partial charge in [-0.2, -0.15) is 0 Å². The molecule has 0 bridgehead atoms. The quantitative estimate of drug-likeness (QED) is 0.538. The van der Waals surface area contributed by atoms with Crippen LogP contribution in [0.25, 0.3) is 0 Å². The summed E-state index contributed by atoms with van der Waals surface area (Å²) in [4.78, 5) is 11.0. The van der Waals surface area contributed by atoms with E-state index in [1.54, 1.807) is 0 Å². The van der Waals surface area contributed by atoms with Crippen LogP contribution in [0.15, 0.2) is 0 Å². The van der Waals surface area contributed by atoms with Gasteiger partial charge >= 0.3 is 0 Å². The molecule has 0 fully saturated rings. The molecule has 0 aliphatic heterocycles. The molecule has 11 heavy (non-hydrogen) atoms. The van der Waals surface area contributed by atoms with Crippen molar-refractivity contribution >= 4 is 37.6 Å². The second-order valence-electron chi connectivity index (χ2n) is 2.58. The summed E-state index contributed by atoms with van der Waals surface area (Å²) in [5.41, 5.74) is 0. The second kappa shape index (κ2) is 7.29. The molecular weight excluding hydrogens is 272 g/mol. The van der Waals surface area contributed by atoms with Gasteiger partial charge in [-0.1, -0.05) is 58.0 Å². The summed E-state index contributed by atoms with van der Waals surface area (Å²) in [6.45, 7) is 2.17. The molecular formula is C8H14Br2O. The maximum absolute atomic E-state index is 11.0. The number of hydrogen-bond acceptors (Lipinski definition) is 1. The fourth-order valence-electron chi connectivity index (χ4n) is 0.835. The lowest BCUT2D eigenvalue weighted by molar-refractivity contribution is -0.117. The number of hydrogen-bond donors (Lipinski definition) is 0. The highest BCUT2D eigenvalue weighted by Crippen LogP contribution is 2.13. The molecule has 0 unspecified atom stereocenters. The largest absolute Gasteiger partial charge is 0.297 e. The van der Waals surface area contributed by atoms with Gasteiger partial charge in [-0.3, -0.25) is 4.79 Å². The average Bonchev–Trinajstić information content (AvgIpc) is 1.97. The zero-order valence-electron chi connectivity index (χ0n) is 6.78. The van der Waals surface area contributed by atoms with Crippen LogP contribution in [0.3, 0.4) is 0 Å². The van der Waals surface area contributed by atoms with Gasteiger partial charge in [0.05, 0.1) is 0 Å². The van der Waals surface area contributed by atoms with Gasteiger partial charge in [0.25, 0.3) is 0 Å². The van der Waals surface area contributed by atoms with Crippen molar-refractivity contribution in [3.63, 3.8) is 0 Å². The molecule has 0 amide bonds. The van der Waals surface area contributed by atoms with E-state index in [1.165, 1.54) is 19.3 Å². The van der Waals surface area contributed by atoms with E-state index in [0.29, 0.717) is 6.42 Å². The fourth-order valence-corrected chi connectivity index (χ4v) is 1.29. The first-order chi connectivity index (χ1) is 5.18. The Morgan fingerprint density at radius 2 is 1.91 bits per heavy atom. The molecule has 0 aliphatic rings. The Labute approximate surface area is 85.2 Å². The molecule has 66 valence electrons. The highest BCUT2D eigenvalue weighted by atomic mass is 79.9. The third-order valence-electron chi connectivity index (χ3n) is 1.52. The van der Waals surface area contributed by atoms with Gasteiger partial charge in [-0.15, -0.1) is 0 Å². The molecule has 0 N–H and O–H groups in total. The van der Waals surface area contributed by atoms with Crippen molar-refractivity contribution in [1.82, 2.24) is 0 Å². The van der Waals surface area contributed by atoms with Crippen LogP contribution in [0, 0.1) is 0 Å². The first-order valence-electron chi connectivity index (χ1n) is 3.99. The number of rotatable bonds is 6. The molecule has 0 aliphatic carbocycles. The summed E-state index contributed by atoms with van der Waals surface area (Å²) in [6.07, 6.45) is 5.36. The summed E-state index contributed by atoms with van der Waals surface area (Å²) < 4.78 is -0.142. The van der Waals surface area contributed by atoms with Crippen molar-refractivity contribution in [3.8, 4) is 0 Å². The topological polar surface area (TPSA) is 17.1 Å². The normalized spacial score (nSPS) is 10.5. The van der Waals surface area contributed by atoms with Gasteiger partial charge in [-0.05, 0) is 6.42 Å². The SMILES string of the molecule is CCCCCCC(=O)C(Br)Br. The Morgan fingerprint density at radius 1 is 1.27 bits per heavy atom. The minimum absolute atomic E-state index is 0.142. The number of alkyl halides is 2. The average molecular weight is 286 g/mol. The lowest BCUT2D eigenvalue weighted by Crippen LogP contribution is -2.05. The predicted octanol–water partition coefficient (Wildman–Crippen LogP) is 3.64. The number of halogens is 2. The highest BCUT2D eigenvalue weighted by molar-refractivity contribution is 9.25. The van der Waals surface area contributed by atoms with Crippen molar-refractivity contribution in [2.75, 3.05) is 0 Å². The minimum atomic E-state index is -0.142. The number of Topliss-reactive ketones (excluding diaryl/α,β-unsaturated/α-hetero) is 1. The highest BCUT2D eigenvalue weighted by Gasteiger charge is 2.08. The monoisotopic (exact) mass is 284 g/mol. The van der Waals surface area contributed by atoms with Crippen LogP contribution in [0.4, 0.5) is 0 Å². The molecule has 0 aromatic heterocycles. The molecule has 3 heteroatoms. The molecule has 0 saturated carbocycles. The number of carbonyl (C=O) groups is 1. The molecule has 0 spiro atoms. The summed E-state index contributed by atoms with van der Waals surface area (Å²) in [6, 6.07) is 0. The van der Waals surface area contributed by atoms with Gasteiger partial charge in [0, 0.05) is 6.42 Å². The van der Waals surface area contributed by atoms with Gasteiger partial charge < -0.3 is 0 Å². The van der Waals surface area contributed by atoms with E-state index in [-0.39, 0.29) is 9.52 Å². The van der Waals surface area contributed by atoms with Gasteiger partial charge in [0.15, 0.2) is 5.78 Å². The summed E-state index contributed by atoms with van der Waals surface area (Å²) in [5, 5.41) is 0. The van der Waals surface area contributed by atoms with Crippen molar-refractivity contribution < 1.29 is 4.79 Å². The Hall–Kier alpha value is 0.630. The van der Waals surface area contributed by atoms with E-state index < -0.39 is 0 Å². The molecule has 0 saturated heterocycles. The van der Waals surface area contributed by atoms with Gasteiger partial charge in [0.2, 0.25) is 0 Å². The zero-order valence-corrected chi connectivity index (χ0v) is 9.95. The van der Waals surface area contributed by atoms with Crippen molar-refractivity contribution in [3.05, 3.63) is 0 Å². The van der Waals surface area contributed by atoms with Crippen LogP contribution in [0.2, 0.25) is 0 Å². The van der Waals surface area contributed by atoms with E-state index in [9.17, 15) is 4.79 Å². The molecule has 0 heterocycles. The standard InChI is InChI=1S/C8H14Br2O/c1-2-3-4-5-6-7(11)8(9)10/h8H,2-6H2,1H3. The van der Waals surface area contributed by atoms with Gasteiger partial charge in [0.1, 0.15) is 3.74 Å². The van der Waals surface area contributed by atoms with Crippen LogP contribution in [-0.4, -0.2) is 9.52 Å². The predicted molar refractivity (Wildman–Crippen MR) is 55.4 cm³/mol. The Morgan fingerprint density at radius 3 is 2.36 bits per heavy atom. The van der Waals surface area contributed by atoms with Crippen LogP contribution in [0.1, 0.15) is 39.0 Å². The summed E-state index contributed by atoms with van der Waals surface area (Å²) in [5.74, 6) is 0.251. The van der Waals surface area contributed by atoms with E-state index in [2.05, 4.69) is 38.8 Å². The zero-order chi connectivity index (χ0) is 8.69. The van der Waals surface area contributed by atoms with Crippen LogP contribution in [0.5, 0.6) is 0 Å². The molecule has 0 rings (SSSR count). The maximum atomic E-state index is 11.0. The van der Waals surface area contributed by atoms with E-state index in [4.69, 9.17) is 0 Å². The summed E-state index contributed by atoms with van der Waals surface area (Å²) in [7, 11) is 0. The molecule has 0 aromatic rings. The van der Waals surface area contributed by atoms with E-state index in [1.807, 2.05) is 0 Å². The first kappa shape index (κ1) is 11.6. The first-order valence-corrected chi connectivity index (χ1v) is 5.82. The Bertz CT molecular complexity index is 113. The summed E-state index contributed by atoms with van der Waals surface area (Å²) >= 11 is 6.35. The third-order valence-corrected chi connectivity index (χ3v) is 2.54. The third kappa shape index (κ3) is 7.01. The van der Waals surface area contributed by atoms with E-state index in [0.717, 1.165) is 6.42 Å². The number of carbonyl (C=O) groups excluding carboxylic acids is 1.